The number of nitrogens with one attached hydrogen (secondary N) is 2. The third-order valence-corrected chi connectivity index (χ3v) is 5.63. The number of aliphatic hydroxyl groups is 1. The Hall–Kier alpha value is -3.36. The Morgan fingerprint density at radius 3 is 2.40 bits per heavy atom. The molecule has 1 aliphatic rings. The standard InChI is InChI=1S/C22H19N3O4S/c26-12-14-1-3-15(4-2-14)13-29-16-5-7-17(8-6-16)30-19-11-23-10-9-18(19)20-21(27)25-22(28)24-20/h1-11,20,26H,12-13H2,(H2,24,25,27,28). The van der Waals surface area contributed by atoms with Crippen LogP contribution in [0.25, 0.3) is 0 Å². The van der Waals surface area contributed by atoms with Gasteiger partial charge in [0.1, 0.15) is 18.4 Å². The zero-order chi connectivity index (χ0) is 20.9. The van der Waals surface area contributed by atoms with Gasteiger partial charge in [-0.05, 0) is 41.5 Å². The van der Waals surface area contributed by atoms with E-state index in [0.29, 0.717) is 12.2 Å². The van der Waals surface area contributed by atoms with Gasteiger partial charge in [0.05, 0.1) is 6.61 Å². The first kappa shape index (κ1) is 19.9. The van der Waals surface area contributed by atoms with Crippen molar-refractivity contribution in [2.24, 2.45) is 0 Å². The number of imide groups is 1. The van der Waals surface area contributed by atoms with Crippen LogP contribution < -0.4 is 15.4 Å². The Balaban J connectivity index is 1.41. The van der Waals surface area contributed by atoms with E-state index < -0.39 is 12.1 Å². The third-order valence-electron chi connectivity index (χ3n) is 4.56. The van der Waals surface area contributed by atoms with Crippen LogP contribution >= 0.6 is 11.8 Å². The summed E-state index contributed by atoms with van der Waals surface area (Å²) in [5, 5.41) is 14.0. The molecular weight excluding hydrogens is 402 g/mol. The number of benzene rings is 2. The van der Waals surface area contributed by atoms with Gasteiger partial charge in [0.15, 0.2) is 0 Å². The second-order valence-corrected chi connectivity index (χ2v) is 7.76. The monoisotopic (exact) mass is 421 g/mol. The summed E-state index contributed by atoms with van der Waals surface area (Å²) in [6, 6.07) is 15.7. The summed E-state index contributed by atoms with van der Waals surface area (Å²) in [5.41, 5.74) is 2.58. The molecule has 4 rings (SSSR count). The van der Waals surface area contributed by atoms with E-state index in [0.717, 1.165) is 26.7 Å². The molecule has 8 heteroatoms. The highest BCUT2D eigenvalue weighted by molar-refractivity contribution is 7.99. The number of urea groups is 1. The Kier molecular flexibility index (Phi) is 5.97. The fourth-order valence-corrected chi connectivity index (χ4v) is 3.93. The lowest BCUT2D eigenvalue weighted by molar-refractivity contribution is -0.120. The van der Waals surface area contributed by atoms with Crippen LogP contribution in [0.15, 0.2) is 76.8 Å². The van der Waals surface area contributed by atoms with E-state index >= 15 is 0 Å². The van der Waals surface area contributed by atoms with Gasteiger partial charge < -0.3 is 15.2 Å². The lowest BCUT2D eigenvalue weighted by Crippen LogP contribution is -2.22. The lowest BCUT2D eigenvalue weighted by atomic mass is 10.1. The molecule has 0 radical (unpaired) electrons. The van der Waals surface area contributed by atoms with E-state index in [2.05, 4.69) is 15.6 Å². The van der Waals surface area contributed by atoms with Gasteiger partial charge in [0, 0.05) is 27.7 Å². The molecule has 2 heterocycles. The number of pyridine rings is 1. The molecule has 30 heavy (non-hydrogen) atoms. The largest absolute Gasteiger partial charge is 0.489 e. The minimum absolute atomic E-state index is 0.0245. The zero-order valence-electron chi connectivity index (χ0n) is 15.9. The van der Waals surface area contributed by atoms with Gasteiger partial charge in [-0.3, -0.25) is 15.1 Å². The number of aromatic nitrogens is 1. The number of aliphatic hydroxyl groups excluding tert-OH is 1. The predicted molar refractivity (Wildman–Crippen MR) is 111 cm³/mol. The van der Waals surface area contributed by atoms with Gasteiger partial charge in [-0.1, -0.05) is 36.0 Å². The maximum Gasteiger partial charge on any atom is 0.322 e. The topological polar surface area (TPSA) is 101 Å². The van der Waals surface area contributed by atoms with E-state index in [-0.39, 0.29) is 12.5 Å². The number of hydrogen-bond donors (Lipinski definition) is 3. The maximum absolute atomic E-state index is 12.0. The van der Waals surface area contributed by atoms with Crippen molar-refractivity contribution >= 4 is 23.7 Å². The molecule has 1 aromatic heterocycles. The SMILES string of the molecule is O=C1NC(=O)C(c2ccncc2Sc2ccc(OCc3ccc(CO)cc3)cc2)N1. The zero-order valence-corrected chi connectivity index (χ0v) is 16.7. The summed E-state index contributed by atoms with van der Waals surface area (Å²) in [7, 11) is 0. The van der Waals surface area contributed by atoms with Gasteiger partial charge >= 0.3 is 6.03 Å². The Morgan fingerprint density at radius 1 is 1.00 bits per heavy atom. The van der Waals surface area contributed by atoms with Crippen LogP contribution in [-0.4, -0.2) is 22.0 Å². The van der Waals surface area contributed by atoms with Gasteiger partial charge in [0.25, 0.3) is 5.91 Å². The van der Waals surface area contributed by atoms with E-state index in [9.17, 15) is 9.59 Å². The first-order chi connectivity index (χ1) is 14.6. The first-order valence-corrected chi connectivity index (χ1v) is 10.1. The number of nitrogens with zero attached hydrogens (tertiary/aromatic N) is 1. The van der Waals surface area contributed by atoms with E-state index in [1.165, 1.54) is 11.8 Å². The van der Waals surface area contributed by atoms with Gasteiger partial charge in [-0.2, -0.15) is 0 Å². The molecule has 1 saturated heterocycles. The molecular formula is C22H19N3O4S. The Morgan fingerprint density at radius 2 is 1.73 bits per heavy atom. The van der Waals surface area contributed by atoms with E-state index in [1.54, 1.807) is 18.5 Å². The quantitative estimate of drug-likeness (QED) is 0.507. The molecule has 0 spiro atoms. The highest BCUT2D eigenvalue weighted by Gasteiger charge is 2.32. The number of hydrogen-bond acceptors (Lipinski definition) is 6. The summed E-state index contributed by atoms with van der Waals surface area (Å²) in [5.74, 6) is 0.364. The minimum Gasteiger partial charge on any atom is -0.489 e. The van der Waals surface area contributed by atoms with Crippen molar-refractivity contribution in [2.75, 3.05) is 0 Å². The number of carbonyl (C=O) groups is 2. The van der Waals surface area contributed by atoms with Crippen molar-refractivity contribution in [1.29, 1.82) is 0 Å². The van der Waals surface area contributed by atoms with Crippen LogP contribution in [0.3, 0.4) is 0 Å². The molecule has 3 amide bonds. The van der Waals surface area contributed by atoms with Gasteiger partial charge in [-0.15, -0.1) is 0 Å². The Labute approximate surface area is 177 Å². The number of rotatable bonds is 7. The van der Waals surface area contributed by atoms with Crippen molar-refractivity contribution in [3.8, 4) is 5.75 Å². The third kappa shape index (κ3) is 4.61. The first-order valence-electron chi connectivity index (χ1n) is 9.27. The van der Waals surface area contributed by atoms with E-state index in [1.807, 2.05) is 48.5 Å². The van der Waals surface area contributed by atoms with Gasteiger partial charge in [0.2, 0.25) is 0 Å². The molecule has 1 aliphatic heterocycles. The van der Waals surface area contributed by atoms with Crippen LogP contribution in [0.2, 0.25) is 0 Å². The van der Waals surface area contributed by atoms with Crippen LogP contribution in [0.1, 0.15) is 22.7 Å². The summed E-state index contributed by atoms with van der Waals surface area (Å²) in [6.07, 6.45) is 3.28. The van der Waals surface area contributed by atoms with Crippen molar-refractivity contribution in [3.05, 3.63) is 83.7 Å². The molecule has 1 fully saturated rings. The lowest BCUT2D eigenvalue weighted by Gasteiger charge is -2.13. The number of amides is 3. The number of ether oxygens (including phenoxy) is 1. The summed E-state index contributed by atoms with van der Waals surface area (Å²) >= 11 is 1.46. The normalized spacial score (nSPS) is 15.6. The van der Waals surface area contributed by atoms with Crippen LogP contribution in [0.4, 0.5) is 4.79 Å². The molecule has 0 aliphatic carbocycles. The molecule has 1 atom stereocenters. The smallest absolute Gasteiger partial charge is 0.322 e. The van der Waals surface area contributed by atoms with Crippen LogP contribution in [0.5, 0.6) is 5.75 Å². The fraction of sp³-hybridized carbons (Fsp3) is 0.136. The molecule has 0 saturated carbocycles. The molecule has 0 bridgehead atoms. The van der Waals surface area contributed by atoms with Crippen LogP contribution in [-0.2, 0) is 18.0 Å². The van der Waals surface area contributed by atoms with Gasteiger partial charge in [-0.25, -0.2) is 4.79 Å². The summed E-state index contributed by atoms with van der Waals surface area (Å²) < 4.78 is 5.82. The van der Waals surface area contributed by atoms with E-state index in [4.69, 9.17) is 9.84 Å². The fourth-order valence-electron chi connectivity index (χ4n) is 2.99. The van der Waals surface area contributed by atoms with Crippen molar-refractivity contribution in [2.45, 2.75) is 29.0 Å². The summed E-state index contributed by atoms with van der Waals surface area (Å²) in [6.45, 7) is 0.456. The highest BCUT2D eigenvalue weighted by Crippen LogP contribution is 2.34. The highest BCUT2D eigenvalue weighted by atomic mass is 32.2. The molecule has 2 aromatic carbocycles. The molecule has 3 N–H and O–H groups in total. The second-order valence-electron chi connectivity index (χ2n) is 6.65. The molecule has 1 unspecified atom stereocenters. The molecule has 7 nitrogen and oxygen atoms in total. The maximum atomic E-state index is 12.0. The summed E-state index contributed by atoms with van der Waals surface area (Å²) in [4.78, 5) is 29.3. The van der Waals surface area contributed by atoms with Crippen LogP contribution in [0, 0.1) is 0 Å². The van der Waals surface area contributed by atoms with Crippen molar-refractivity contribution < 1.29 is 19.4 Å². The minimum atomic E-state index is -0.720. The second kappa shape index (κ2) is 8.98. The Bertz CT molecular complexity index is 1050. The van der Waals surface area contributed by atoms with Crippen molar-refractivity contribution in [1.82, 2.24) is 15.6 Å². The average Bonchev–Trinajstić information content (AvgIpc) is 3.11. The average molecular weight is 421 g/mol. The molecule has 3 aromatic rings. The predicted octanol–water partition coefficient (Wildman–Crippen LogP) is 3.18. The molecule has 152 valence electrons. The number of carbonyl (C=O) groups excluding carboxylic acids is 2. The van der Waals surface area contributed by atoms with Crippen molar-refractivity contribution in [3.63, 3.8) is 0 Å².